The second-order valence-corrected chi connectivity index (χ2v) is 6.47. The number of aliphatic hydroxyl groups excluding tert-OH is 1. The van der Waals surface area contributed by atoms with Gasteiger partial charge in [0, 0.05) is 24.5 Å². The van der Waals surface area contributed by atoms with Crippen LogP contribution >= 0.6 is 0 Å². The first-order valence-corrected chi connectivity index (χ1v) is 8.78. The van der Waals surface area contributed by atoms with Crippen LogP contribution < -0.4 is 16.0 Å². The zero-order valence-electron chi connectivity index (χ0n) is 14.3. The third-order valence-corrected chi connectivity index (χ3v) is 4.71. The van der Waals surface area contributed by atoms with Gasteiger partial charge in [-0.25, -0.2) is 4.79 Å². The lowest BCUT2D eigenvalue weighted by atomic mass is 10.0. The number of carbonyl (C=O) groups excluding carboxylic acids is 1. The summed E-state index contributed by atoms with van der Waals surface area (Å²) in [7, 11) is 0. The van der Waals surface area contributed by atoms with Gasteiger partial charge in [-0.2, -0.15) is 0 Å². The molecule has 0 bridgehead atoms. The average Bonchev–Trinajstić information content (AvgIpc) is 3.13. The maximum Gasteiger partial charge on any atom is 0.319 e. The number of urea groups is 1. The first kappa shape index (κ1) is 16.4. The Morgan fingerprint density at radius 1 is 1.12 bits per heavy atom. The monoisotopic (exact) mass is 347 g/mol. The molecule has 4 N–H and O–H groups in total. The molecule has 26 heavy (non-hydrogen) atoms. The number of hydrogen-bond acceptors (Lipinski definition) is 3. The molecule has 1 atom stereocenters. The molecule has 1 aliphatic heterocycles. The summed E-state index contributed by atoms with van der Waals surface area (Å²) in [6.07, 6.45) is 0.197. The fourth-order valence-electron chi connectivity index (χ4n) is 3.40. The van der Waals surface area contributed by atoms with E-state index in [-0.39, 0.29) is 12.6 Å². The van der Waals surface area contributed by atoms with Gasteiger partial charge in [0.1, 0.15) is 0 Å². The molecule has 0 saturated heterocycles. The minimum Gasteiger partial charge on any atom is -0.387 e. The van der Waals surface area contributed by atoms with Crippen LogP contribution in [0.25, 0.3) is 10.8 Å². The zero-order valence-corrected chi connectivity index (χ0v) is 14.3. The van der Waals surface area contributed by atoms with E-state index in [0.717, 1.165) is 40.7 Å². The Balaban J connectivity index is 1.39. The van der Waals surface area contributed by atoms with Crippen molar-refractivity contribution >= 4 is 28.2 Å². The molecular weight excluding hydrogens is 326 g/mol. The molecule has 0 spiro atoms. The molecule has 0 radical (unpaired) electrons. The highest BCUT2D eigenvalue weighted by atomic mass is 16.3. The van der Waals surface area contributed by atoms with Gasteiger partial charge in [-0.1, -0.05) is 42.5 Å². The van der Waals surface area contributed by atoms with Crippen molar-refractivity contribution < 1.29 is 9.90 Å². The maximum absolute atomic E-state index is 12.2. The summed E-state index contributed by atoms with van der Waals surface area (Å²) in [6.45, 7) is 1.08. The highest BCUT2D eigenvalue weighted by Crippen LogP contribution is 2.26. The number of anilines is 2. The highest BCUT2D eigenvalue weighted by molar-refractivity contribution is 5.90. The largest absolute Gasteiger partial charge is 0.387 e. The van der Waals surface area contributed by atoms with Gasteiger partial charge in [-0.05, 0) is 46.5 Å². The van der Waals surface area contributed by atoms with Crippen LogP contribution in [0.3, 0.4) is 0 Å². The smallest absolute Gasteiger partial charge is 0.319 e. The van der Waals surface area contributed by atoms with Crippen LogP contribution in [0.15, 0.2) is 60.7 Å². The molecule has 4 rings (SSSR count). The topological polar surface area (TPSA) is 73.4 Å². The third-order valence-electron chi connectivity index (χ3n) is 4.71. The number of hydrogen-bond donors (Lipinski definition) is 4. The van der Waals surface area contributed by atoms with Crippen molar-refractivity contribution in [2.75, 3.05) is 23.7 Å². The number of fused-ring (bicyclic) bond motifs is 2. The Bertz CT molecular complexity index is 950. The Labute approximate surface area is 152 Å². The number of nitrogens with one attached hydrogen (secondary N) is 3. The number of aliphatic hydroxyl groups is 1. The molecule has 0 saturated carbocycles. The van der Waals surface area contributed by atoms with Crippen molar-refractivity contribution in [2.45, 2.75) is 12.5 Å². The van der Waals surface area contributed by atoms with E-state index >= 15 is 0 Å². The Kier molecular flexibility index (Phi) is 4.46. The van der Waals surface area contributed by atoms with Crippen molar-refractivity contribution in [1.29, 1.82) is 0 Å². The van der Waals surface area contributed by atoms with Gasteiger partial charge >= 0.3 is 6.03 Å². The van der Waals surface area contributed by atoms with Gasteiger partial charge in [0.15, 0.2) is 0 Å². The Hall–Kier alpha value is -3.05. The van der Waals surface area contributed by atoms with Crippen LogP contribution in [0, 0.1) is 0 Å². The lowest BCUT2D eigenvalue weighted by molar-refractivity contribution is 0.176. The Morgan fingerprint density at radius 2 is 1.96 bits per heavy atom. The van der Waals surface area contributed by atoms with E-state index in [1.165, 1.54) is 5.56 Å². The predicted molar refractivity (Wildman–Crippen MR) is 105 cm³/mol. The average molecular weight is 347 g/mol. The van der Waals surface area contributed by atoms with E-state index in [9.17, 15) is 9.90 Å². The molecule has 3 aromatic rings. The van der Waals surface area contributed by atoms with Crippen LogP contribution in [0.2, 0.25) is 0 Å². The van der Waals surface area contributed by atoms with Gasteiger partial charge in [0.25, 0.3) is 0 Å². The molecule has 1 heterocycles. The second kappa shape index (κ2) is 7.06. The van der Waals surface area contributed by atoms with E-state index in [1.54, 1.807) is 0 Å². The first-order valence-electron chi connectivity index (χ1n) is 8.78. The SMILES string of the molecule is O=C(NCC(O)c1cccc2ccccc12)Nc1ccc2c(c1)CCN2. The molecule has 132 valence electrons. The summed E-state index contributed by atoms with van der Waals surface area (Å²) in [6, 6.07) is 19.2. The van der Waals surface area contributed by atoms with E-state index in [2.05, 4.69) is 16.0 Å². The molecule has 1 unspecified atom stereocenters. The number of rotatable bonds is 4. The van der Waals surface area contributed by atoms with Crippen molar-refractivity contribution in [3.05, 3.63) is 71.8 Å². The lowest BCUT2D eigenvalue weighted by Crippen LogP contribution is -2.32. The normalized spacial score (nSPS) is 13.7. The summed E-state index contributed by atoms with van der Waals surface area (Å²) in [4.78, 5) is 12.2. The molecule has 5 heteroatoms. The number of benzene rings is 3. The predicted octanol–water partition coefficient (Wildman–Crippen LogP) is 3.66. The van der Waals surface area contributed by atoms with Crippen LogP contribution in [0.4, 0.5) is 16.2 Å². The summed E-state index contributed by atoms with van der Waals surface area (Å²) in [5, 5.41) is 21.4. The van der Waals surface area contributed by atoms with Gasteiger partial charge in [-0.15, -0.1) is 0 Å². The minimum absolute atomic E-state index is 0.145. The fraction of sp³-hybridized carbons (Fsp3) is 0.190. The molecule has 5 nitrogen and oxygen atoms in total. The van der Waals surface area contributed by atoms with Crippen LogP contribution in [0.5, 0.6) is 0 Å². The van der Waals surface area contributed by atoms with Crippen molar-refractivity contribution in [1.82, 2.24) is 5.32 Å². The minimum atomic E-state index is -0.768. The van der Waals surface area contributed by atoms with Gasteiger partial charge in [0.2, 0.25) is 0 Å². The summed E-state index contributed by atoms with van der Waals surface area (Å²) in [5.41, 5.74) is 3.90. The molecule has 3 aromatic carbocycles. The highest BCUT2D eigenvalue weighted by Gasteiger charge is 2.14. The van der Waals surface area contributed by atoms with Crippen molar-refractivity contribution in [2.24, 2.45) is 0 Å². The zero-order chi connectivity index (χ0) is 17.9. The molecule has 2 amide bonds. The molecule has 0 aliphatic carbocycles. The number of amides is 2. The van der Waals surface area contributed by atoms with E-state index < -0.39 is 6.10 Å². The quantitative estimate of drug-likeness (QED) is 0.582. The Morgan fingerprint density at radius 3 is 2.88 bits per heavy atom. The molecule has 0 fully saturated rings. The van der Waals surface area contributed by atoms with Crippen LogP contribution in [-0.2, 0) is 6.42 Å². The summed E-state index contributed by atoms with van der Waals surface area (Å²) < 4.78 is 0. The van der Waals surface area contributed by atoms with Crippen molar-refractivity contribution in [3.8, 4) is 0 Å². The van der Waals surface area contributed by atoms with E-state index in [1.807, 2.05) is 60.7 Å². The molecule has 0 aromatic heterocycles. The van der Waals surface area contributed by atoms with Crippen LogP contribution in [-0.4, -0.2) is 24.2 Å². The van der Waals surface area contributed by atoms with E-state index in [4.69, 9.17) is 0 Å². The first-order chi connectivity index (χ1) is 12.7. The maximum atomic E-state index is 12.2. The summed E-state index contributed by atoms with van der Waals surface area (Å²) >= 11 is 0. The molecular formula is C21H21N3O2. The van der Waals surface area contributed by atoms with Crippen molar-refractivity contribution in [3.63, 3.8) is 0 Å². The lowest BCUT2D eigenvalue weighted by Gasteiger charge is -2.15. The van der Waals surface area contributed by atoms with Gasteiger partial charge in [0.05, 0.1) is 6.10 Å². The fourth-order valence-corrected chi connectivity index (χ4v) is 3.40. The summed E-state index contributed by atoms with van der Waals surface area (Å²) in [5.74, 6) is 0. The molecule has 1 aliphatic rings. The third kappa shape index (κ3) is 3.34. The standard InChI is InChI=1S/C21H21N3O2/c25-20(18-7-3-5-14-4-1-2-6-17(14)18)13-23-21(26)24-16-8-9-19-15(12-16)10-11-22-19/h1-9,12,20,22,25H,10-11,13H2,(H2,23,24,26). The van der Waals surface area contributed by atoms with Crippen LogP contribution in [0.1, 0.15) is 17.2 Å². The second-order valence-electron chi connectivity index (χ2n) is 6.47. The number of carbonyl (C=O) groups is 1. The van der Waals surface area contributed by atoms with Gasteiger partial charge in [-0.3, -0.25) is 0 Å². The van der Waals surface area contributed by atoms with E-state index in [0.29, 0.717) is 0 Å². The van der Waals surface area contributed by atoms with Gasteiger partial charge < -0.3 is 21.1 Å².